The van der Waals surface area contributed by atoms with Gasteiger partial charge in [-0.2, -0.15) is 0 Å². The zero-order valence-corrected chi connectivity index (χ0v) is 29.7. The molecule has 53 heavy (non-hydrogen) atoms. The average Bonchev–Trinajstić information content (AvgIpc) is 3.62. The Morgan fingerprint density at radius 2 is 0.774 bits per heavy atom. The van der Waals surface area contributed by atoms with Crippen molar-refractivity contribution < 1.29 is 0 Å². The highest BCUT2D eigenvalue weighted by Gasteiger charge is 2.24. The Bertz CT molecular complexity index is 2840. The van der Waals surface area contributed by atoms with E-state index in [0.717, 1.165) is 28.4 Å². The molecular weight excluding hydrogens is 661 g/mol. The van der Waals surface area contributed by atoms with E-state index >= 15 is 0 Å². The molecule has 9 aromatic carbocycles. The average molecular weight is 695 g/mol. The van der Waals surface area contributed by atoms with E-state index in [4.69, 9.17) is 0 Å². The molecule has 0 aliphatic carbocycles. The van der Waals surface area contributed by atoms with Crippen molar-refractivity contribution in [3.63, 3.8) is 0 Å². The van der Waals surface area contributed by atoms with Gasteiger partial charge < -0.3 is 9.80 Å². The molecule has 0 amide bonds. The molecule has 0 unspecified atom stereocenters. The van der Waals surface area contributed by atoms with Crippen molar-refractivity contribution in [3.8, 4) is 11.1 Å². The van der Waals surface area contributed by atoms with E-state index in [1.165, 1.54) is 58.5 Å². The van der Waals surface area contributed by atoms with Crippen molar-refractivity contribution >= 4 is 87.2 Å². The quantitative estimate of drug-likeness (QED) is 0.164. The van der Waals surface area contributed by atoms with Crippen LogP contribution in [0.2, 0.25) is 0 Å². The molecule has 10 aromatic rings. The molecule has 0 saturated carbocycles. The molecule has 0 atom stereocenters. The maximum Gasteiger partial charge on any atom is 0.0554 e. The zero-order valence-electron chi connectivity index (χ0n) is 28.9. The summed E-state index contributed by atoms with van der Waals surface area (Å²) in [4.78, 5) is 4.85. The lowest BCUT2D eigenvalue weighted by molar-refractivity contribution is 1.30. The summed E-state index contributed by atoms with van der Waals surface area (Å²) in [5, 5.41) is 7.52. The fraction of sp³-hybridized carbons (Fsp3) is 0. The molecule has 0 radical (unpaired) electrons. The van der Waals surface area contributed by atoms with Gasteiger partial charge in [-0.1, -0.05) is 152 Å². The first-order chi connectivity index (χ1) is 26.3. The largest absolute Gasteiger partial charge is 0.310 e. The van der Waals surface area contributed by atoms with E-state index in [-0.39, 0.29) is 0 Å². The van der Waals surface area contributed by atoms with Gasteiger partial charge in [-0.3, -0.25) is 0 Å². The van der Waals surface area contributed by atoms with Gasteiger partial charge in [0.05, 0.1) is 17.1 Å². The van der Waals surface area contributed by atoms with E-state index in [1.807, 2.05) is 11.3 Å². The highest BCUT2D eigenvalue weighted by Crippen LogP contribution is 2.51. The Kier molecular flexibility index (Phi) is 7.71. The Hall–Kier alpha value is -6.68. The summed E-state index contributed by atoms with van der Waals surface area (Å²) in [5.41, 5.74) is 9.23. The van der Waals surface area contributed by atoms with E-state index < -0.39 is 0 Å². The Labute approximate surface area is 313 Å². The topological polar surface area (TPSA) is 6.48 Å². The number of hydrogen-bond acceptors (Lipinski definition) is 3. The van der Waals surface area contributed by atoms with Crippen LogP contribution in [0.15, 0.2) is 206 Å². The van der Waals surface area contributed by atoms with Crippen molar-refractivity contribution in [2.24, 2.45) is 0 Å². The minimum Gasteiger partial charge on any atom is -0.310 e. The second-order valence-corrected chi connectivity index (χ2v) is 14.3. The molecule has 1 heterocycles. The first-order valence-electron chi connectivity index (χ1n) is 18.0. The summed E-state index contributed by atoms with van der Waals surface area (Å²) in [7, 11) is 0. The molecule has 3 heteroatoms. The molecule has 2 nitrogen and oxygen atoms in total. The second kappa shape index (κ2) is 13.1. The van der Waals surface area contributed by atoms with E-state index in [2.05, 4.69) is 216 Å². The minimum atomic E-state index is 1.12. The van der Waals surface area contributed by atoms with Gasteiger partial charge in [0.1, 0.15) is 0 Å². The smallest absolute Gasteiger partial charge is 0.0554 e. The Morgan fingerprint density at radius 3 is 1.40 bits per heavy atom. The van der Waals surface area contributed by atoms with Crippen molar-refractivity contribution in [3.05, 3.63) is 206 Å². The molecular formula is C50H34N2S. The summed E-state index contributed by atoms with van der Waals surface area (Å²) in [5.74, 6) is 0. The zero-order chi connectivity index (χ0) is 35.1. The van der Waals surface area contributed by atoms with Crippen LogP contribution >= 0.6 is 11.3 Å². The highest BCUT2D eigenvalue weighted by atomic mass is 32.1. The van der Waals surface area contributed by atoms with Crippen LogP contribution < -0.4 is 9.80 Å². The summed E-state index contributed by atoms with van der Waals surface area (Å²) in [6, 6.07) is 74.4. The van der Waals surface area contributed by atoms with Crippen molar-refractivity contribution in [1.82, 2.24) is 0 Å². The molecule has 1 aromatic heterocycles. The second-order valence-electron chi connectivity index (χ2n) is 13.3. The minimum absolute atomic E-state index is 1.12. The third kappa shape index (κ3) is 5.33. The van der Waals surface area contributed by atoms with Gasteiger partial charge in [0, 0.05) is 59.0 Å². The van der Waals surface area contributed by atoms with E-state index in [9.17, 15) is 0 Å². The molecule has 0 fully saturated rings. The first kappa shape index (κ1) is 31.1. The predicted molar refractivity (Wildman–Crippen MR) is 229 cm³/mol. The lowest BCUT2D eigenvalue weighted by Gasteiger charge is -2.29. The first-order valence-corrected chi connectivity index (χ1v) is 18.8. The molecule has 0 saturated heterocycles. The number of fused-ring (bicyclic) bond motifs is 7. The molecule has 10 rings (SSSR count). The fourth-order valence-corrected chi connectivity index (χ4v) is 9.16. The molecule has 0 spiro atoms. The van der Waals surface area contributed by atoms with Crippen molar-refractivity contribution in [1.29, 1.82) is 0 Å². The Balaban J connectivity index is 1.29. The molecule has 250 valence electrons. The fourth-order valence-electron chi connectivity index (χ4n) is 7.89. The molecule has 0 N–H and O–H groups in total. The van der Waals surface area contributed by atoms with Gasteiger partial charge in [-0.15, -0.1) is 11.3 Å². The van der Waals surface area contributed by atoms with Gasteiger partial charge >= 0.3 is 0 Å². The van der Waals surface area contributed by atoms with E-state index in [0.29, 0.717) is 0 Å². The monoisotopic (exact) mass is 694 g/mol. The van der Waals surface area contributed by atoms with Crippen LogP contribution in [0.25, 0.3) is 52.8 Å². The highest BCUT2D eigenvalue weighted by molar-refractivity contribution is 7.27. The van der Waals surface area contributed by atoms with Crippen LogP contribution in [0.3, 0.4) is 0 Å². The van der Waals surface area contributed by atoms with Crippen LogP contribution in [0.4, 0.5) is 34.1 Å². The van der Waals surface area contributed by atoms with Gasteiger partial charge in [-0.05, 0) is 65.5 Å². The molecule has 0 bridgehead atoms. The normalized spacial score (nSPS) is 11.4. The standard InChI is InChI=1S/C50H34N2S/c1-5-19-35(20-6-1)39-27-17-18-32-45(39)52(38-25-11-4-12-26-38)47-34-48-49(42-30-15-13-28-40(42)47)44-33-46(41-29-14-16-31-43(41)50(44)53-48)51(36-21-7-2-8-22-36)37-23-9-3-10-24-37/h1-34H. The van der Waals surface area contributed by atoms with Crippen LogP contribution in [-0.2, 0) is 0 Å². The number of nitrogens with zero attached hydrogens (tertiary/aromatic N) is 2. The van der Waals surface area contributed by atoms with Crippen molar-refractivity contribution in [2.45, 2.75) is 0 Å². The lowest BCUT2D eigenvalue weighted by Crippen LogP contribution is -2.11. The third-order valence-electron chi connectivity index (χ3n) is 10.2. The number of anilines is 6. The van der Waals surface area contributed by atoms with Crippen LogP contribution in [0.1, 0.15) is 0 Å². The van der Waals surface area contributed by atoms with Gasteiger partial charge in [-0.25, -0.2) is 0 Å². The SMILES string of the molecule is c1ccc(-c2ccccc2N(c2ccccc2)c2cc3sc4c5ccccc5c(N(c5ccccc5)c5ccccc5)cc4c3c3ccccc23)cc1. The summed E-state index contributed by atoms with van der Waals surface area (Å²) >= 11 is 1.90. The van der Waals surface area contributed by atoms with Gasteiger partial charge in [0.25, 0.3) is 0 Å². The maximum atomic E-state index is 2.45. The predicted octanol–water partition coefficient (Wildman–Crippen LogP) is 15.0. The maximum absolute atomic E-state index is 2.45. The Morgan fingerprint density at radius 1 is 0.321 bits per heavy atom. The van der Waals surface area contributed by atoms with E-state index in [1.54, 1.807) is 0 Å². The molecule has 0 aliphatic heterocycles. The van der Waals surface area contributed by atoms with Gasteiger partial charge in [0.2, 0.25) is 0 Å². The third-order valence-corrected chi connectivity index (χ3v) is 11.4. The van der Waals surface area contributed by atoms with Crippen LogP contribution in [0.5, 0.6) is 0 Å². The summed E-state index contributed by atoms with van der Waals surface area (Å²) in [6.07, 6.45) is 0. The van der Waals surface area contributed by atoms with Crippen LogP contribution in [0, 0.1) is 0 Å². The van der Waals surface area contributed by atoms with Crippen molar-refractivity contribution in [2.75, 3.05) is 9.80 Å². The number of para-hydroxylation sites is 4. The number of benzene rings is 9. The number of rotatable bonds is 7. The van der Waals surface area contributed by atoms with Crippen LogP contribution in [-0.4, -0.2) is 0 Å². The number of hydrogen-bond donors (Lipinski definition) is 0. The number of thiophene rings is 1. The molecule has 0 aliphatic rings. The van der Waals surface area contributed by atoms with Gasteiger partial charge in [0.15, 0.2) is 0 Å². The lowest BCUT2D eigenvalue weighted by atomic mass is 9.97. The summed E-state index contributed by atoms with van der Waals surface area (Å²) < 4.78 is 2.57. The summed E-state index contributed by atoms with van der Waals surface area (Å²) in [6.45, 7) is 0.